The summed E-state index contributed by atoms with van der Waals surface area (Å²) in [7, 11) is 0. The van der Waals surface area contributed by atoms with Gasteiger partial charge in [-0.15, -0.1) is 5.10 Å². The number of carboxylic acid groups (broad SMARTS) is 1. The van der Waals surface area contributed by atoms with Crippen molar-refractivity contribution in [3.63, 3.8) is 0 Å². The van der Waals surface area contributed by atoms with Crippen LogP contribution in [-0.4, -0.2) is 28.0 Å². The van der Waals surface area contributed by atoms with E-state index >= 15 is 0 Å². The van der Waals surface area contributed by atoms with Crippen molar-refractivity contribution in [3.8, 4) is 0 Å². The van der Waals surface area contributed by atoms with Crippen molar-refractivity contribution in [2.45, 2.75) is 37.4 Å². The van der Waals surface area contributed by atoms with E-state index in [1.165, 1.54) is 0 Å². The molecule has 0 aromatic heterocycles. The Morgan fingerprint density at radius 3 is 2.76 bits per heavy atom. The summed E-state index contributed by atoms with van der Waals surface area (Å²) in [6, 6.07) is 0. The lowest BCUT2D eigenvalue weighted by molar-refractivity contribution is -0.305. The van der Waals surface area contributed by atoms with E-state index in [-0.39, 0.29) is 12.3 Å². The molecule has 1 amide bonds. The molecule has 1 aliphatic carbocycles. The first-order valence-electron chi connectivity index (χ1n) is 5.46. The summed E-state index contributed by atoms with van der Waals surface area (Å²) in [5.74, 6) is -1.58. The van der Waals surface area contributed by atoms with Gasteiger partial charge in [0.25, 0.3) is 0 Å². The second-order valence-electron chi connectivity index (χ2n) is 3.95. The zero-order valence-electron chi connectivity index (χ0n) is 9.14. The van der Waals surface area contributed by atoms with E-state index in [2.05, 4.69) is 15.5 Å². The number of nitrogens with zero attached hydrogens (tertiary/aromatic N) is 2. The molecule has 0 bridgehead atoms. The smallest absolute Gasteiger partial charge is 0.239 e. The van der Waals surface area contributed by atoms with E-state index in [4.69, 9.17) is 0 Å². The number of carbonyl (C=O) groups is 2. The number of hydrogen-bond acceptors (Lipinski definition) is 6. The third-order valence-electron chi connectivity index (χ3n) is 2.59. The van der Waals surface area contributed by atoms with Crippen LogP contribution < -0.4 is 10.4 Å². The Morgan fingerprint density at radius 1 is 1.41 bits per heavy atom. The summed E-state index contributed by atoms with van der Waals surface area (Å²) >= 11 is 1.09. The molecule has 1 saturated carbocycles. The number of hydrogen-bond donors (Lipinski definition) is 1. The molecule has 17 heavy (non-hydrogen) atoms. The van der Waals surface area contributed by atoms with Gasteiger partial charge in [-0.25, -0.2) is 0 Å². The van der Waals surface area contributed by atoms with Gasteiger partial charge >= 0.3 is 0 Å². The van der Waals surface area contributed by atoms with Crippen molar-refractivity contribution >= 4 is 34.5 Å². The Bertz CT molecular complexity index is 398. The minimum absolute atomic E-state index is 0.300. The van der Waals surface area contributed by atoms with Gasteiger partial charge in [-0.05, 0) is 25.7 Å². The highest BCUT2D eigenvalue weighted by Gasteiger charge is 2.30. The number of amides is 1. The number of amidine groups is 1. The molecule has 0 radical (unpaired) electrons. The second kappa shape index (κ2) is 5.31. The van der Waals surface area contributed by atoms with Crippen LogP contribution >= 0.6 is 11.8 Å². The molecule has 7 heteroatoms. The van der Waals surface area contributed by atoms with E-state index in [1.54, 1.807) is 0 Å². The third kappa shape index (κ3) is 3.29. The van der Waals surface area contributed by atoms with Crippen LogP contribution in [0.5, 0.6) is 0 Å². The molecule has 0 unspecified atom stereocenters. The second-order valence-corrected chi connectivity index (χ2v) is 5.14. The lowest BCUT2D eigenvalue weighted by Crippen LogP contribution is -2.31. The van der Waals surface area contributed by atoms with Gasteiger partial charge in [-0.2, -0.15) is 5.10 Å². The summed E-state index contributed by atoms with van der Waals surface area (Å²) in [6.45, 7) is 0. The first kappa shape index (κ1) is 12.1. The first-order chi connectivity index (χ1) is 8.15. The molecule has 0 aromatic carbocycles. The van der Waals surface area contributed by atoms with Gasteiger partial charge in [-0.3, -0.25) is 4.79 Å². The summed E-state index contributed by atoms with van der Waals surface area (Å²) in [6.07, 6.45) is 3.88. The molecule has 1 heterocycles. The highest BCUT2D eigenvalue weighted by Crippen LogP contribution is 2.22. The minimum atomic E-state index is -1.24. The maximum absolute atomic E-state index is 11.4. The van der Waals surface area contributed by atoms with Crippen molar-refractivity contribution in [2.24, 2.45) is 10.2 Å². The normalized spacial score (nSPS) is 26.4. The molecule has 1 atom stereocenters. The molecule has 2 aliphatic rings. The summed E-state index contributed by atoms with van der Waals surface area (Å²) in [5, 5.41) is 20.6. The Morgan fingerprint density at radius 2 is 2.12 bits per heavy atom. The van der Waals surface area contributed by atoms with Gasteiger partial charge in [0.2, 0.25) is 5.91 Å². The fourth-order valence-corrected chi connectivity index (χ4v) is 2.64. The van der Waals surface area contributed by atoms with Gasteiger partial charge in [-0.1, -0.05) is 11.8 Å². The molecule has 2 rings (SSSR count). The van der Waals surface area contributed by atoms with Crippen LogP contribution in [0.4, 0.5) is 0 Å². The zero-order chi connectivity index (χ0) is 12.3. The molecule has 0 aromatic rings. The van der Waals surface area contributed by atoms with Crippen LogP contribution in [0.3, 0.4) is 0 Å². The van der Waals surface area contributed by atoms with Gasteiger partial charge in [0, 0.05) is 18.1 Å². The monoisotopic (exact) mass is 254 g/mol. The van der Waals surface area contributed by atoms with E-state index in [9.17, 15) is 14.7 Å². The maximum atomic E-state index is 11.4. The first-order valence-corrected chi connectivity index (χ1v) is 6.34. The van der Waals surface area contributed by atoms with Gasteiger partial charge in [0.15, 0.2) is 5.17 Å². The number of aliphatic carboxylic acids is 1. The largest absolute Gasteiger partial charge is 0.550 e. The highest BCUT2D eigenvalue weighted by atomic mass is 32.2. The lowest BCUT2D eigenvalue weighted by atomic mass is 10.3. The van der Waals surface area contributed by atoms with E-state index in [0.29, 0.717) is 5.17 Å². The topological polar surface area (TPSA) is 93.9 Å². The van der Waals surface area contributed by atoms with E-state index in [0.717, 1.165) is 43.2 Å². The van der Waals surface area contributed by atoms with Crippen molar-refractivity contribution in [3.05, 3.63) is 0 Å². The highest BCUT2D eigenvalue weighted by molar-refractivity contribution is 8.15. The number of rotatable bonds is 3. The van der Waals surface area contributed by atoms with Crippen molar-refractivity contribution in [1.82, 2.24) is 5.32 Å². The quantitative estimate of drug-likeness (QED) is 0.696. The Hall–Kier alpha value is -1.37. The van der Waals surface area contributed by atoms with Crippen molar-refractivity contribution in [2.75, 3.05) is 0 Å². The molecular formula is C10H12N3O3S-. The molecule has 1 aliphatic heterocycles. The number of thioether (sulfide) groups is 1. The van der Waals surface area contributed by atoms with Crippen molar-refractivity contribution in [1.29, 1.82) is 0 Å². The van der Waals surface area contributed by atoms with Gasteiger partial charge in [0.1, 0.15) is 0 Å². The predicted molar refractivity (Wildman–Crippen MR) is 62.5 cm³/mol. The third-order valence-corrected chi connectivity index (χ3v) is 3.66. The SMILES string of the molecule is O=C([O-])C[C@@H]1S/C(=N\N=C2CCCC2)NC1=O. The number of carbonyl (C=O) groups excluding carboxylic acids is 2. The standard InChI is InChI=1S/C10H13N3O3S/c14-8(15)5-7-9(16)11-10(17-7)13-12-6-3-1-2-4-6/h7H,1-5H2,(H,14,15)(H,11,13,16)/p-1/t7-/m0/s1. The molecular weight excluding hydrogens is 242 g/mol. The average molecular weight is 254 g/mol. The summed E-state index contributed by atoms with van der Waals surface area (Å²) < 4.78 is 0. The molecule has 0 spiro atoms. The number of nitrogens with one attached hydrogen (secondary N) is 1. The van der Waals surface area contributed by atoms with Gasteiger partial charge < -0.3 is 15.2 Å². The molecule has 1 N–H and O–H groups in total. The fraction of sp³-hybridized carbons (Fsp3) is 0.600. The average Bonchev–Trinajstić information content (AvgIpc) is 2.86. The van der Waals surface area contributed by atoms with E-state index in [1.807, 2.05) is 0 Å². The Labute approximate surface area is 103 Å². The van der Waals surface area contributed by atoms with Crippen LogP contribution in [0.1, 0.15) is 32.1 Å². The summed E-state index contributed by atoms with van der Waals surface area (Å²) in [5.41, 5.74) is 1.04. The Kier molecular flexibility index (Phi) is 3.78. The zero-order valence-corrected chi connectivity index (χ0v) is 9.96. The van der Waals surface area contributed by atoms with Crippen molar-refractivity contribution < 1.29 is 14.7 Å². The molecule has 92 valence electrons. The summed E-state index contributed by atoms with van der Waals surface area (Å²) in [4.78, 5) is 21.8. The minimum Gasteiger partial charge on any atom is -0.550 e. The maximum Gasteiger partial charge on any atom is 0.239 e. The molecule has 6 nitrogen and oxygen atoms in total. The molecule has 1 saturated heterocycles. The van der Waals surface area contributed by atoms with Gasteiger partial charge in [0.05, 0.1) is 5.25 Å². The molecule has 2 fully saturated rings. The van der Waals surface area contributed by atoms with Crippen LogP contribution in [0, 0.1) is 0 Å². The predicted octanol–water partition coefficient (Wildman–Crippen LogP) is -0.356. The number of carboxylic acids is 1. The van der Waals surface area contributed by atoms with Crippen LogP contribution in [-0.2, 0) is 9.59 Å². The lowest BCUT2D eigenvalue weighted by Gasteiger charge is -2.04. The Balaban J connectivity index is 1.95. The van der Waals surface area contributed by atoms with E-state index < -0.39 is 11.2 Å². The van der Waals surface area contributed by atoms with Crippen LogP contribution in [0.2, 0.25) is 0 Å². The fourth-order valence-electron chi connectivity index (χ4n) is 1.74. The van der Waals surface area contributed by atoms with Crippen LogP contribution in [0.25, 0.3) is 0 Å². The van der Waals surface area contributed by atoms with Crippen LogP contribution in [0.15, 0.2) is 10.2 Å².